The number of aliphatic carboxylic acids is 1. The zero-order valence-electron chi connectivity index (χ0n) is 13.6. The van der Waals surface area contributed by atoms with Crippen molar-refractivity contribution in [3.05, 3.63) is 40.7 Å². The number of methoxy groups -OCH3 is 2. The van der Waals surface area contributed by atoms with E-state index in [0.717, 1.165) is 0 Å². The van der Waals surface area contributed by atoms with E-state index >= 15 is 0 Å². The van der Waals surface area contributed by atoms with Crippen LogP contribution in [-0.4, -0.2) is 41.4 Å². The van der Waals surface area contributed by atoms with Crippen molar-refractivity contribution in [2.45, 2.75) is 12.8 Å². The molecule has 0 radical (unpaired) electrons. The van der Waals surface area contributed by atoms with Crippen molar-refractivity contribution in [1.29, 1.82) is 0 Å². The van der Waals surface area contributed by atoms with E-state index in [4.69, 9.17) is 26.2 Å². The zero-order valence-corrected chi connectivity index (χ0v) is 14.3. The summed E-state index contributed by atoms with van der Waals surface area (Å²) >= 11 is 6.04. The Labute approximate surface area is 148 Å². The highest BCUT2D eigenvalue weighted by atomic mass is 35.5. The lowest BCUT2D eigenvalue weighted by Gasteiger charge is -2.14. The molecule has 0 atom stereocenters. The van der Waals surface area contributed by atoms with E-state index in [0.29, 0.717) is 28.3 Å². The van der Waals surface area contributed by atoms with Crippen LogP contribution in [0.5, 0.6) is 11.5 Å². The fourth-order valence-corrected chi connectivity index (χ4v) is 2.66. The van der Waals surface area contributed by atoms with Crippen LogP contribution in [0.2, 0.25) is 5.15 Å². The molecule has 0 saturated carbocycles. The number of aromatic carboxylic acids is 1. The third-order valence-corrected chi connectivity index (χ3v) is 3.81. The minimum atomic E-state index is -1.24. The van der Waals surface area contributed by atoms with E-state index in [9.17, 15) is 14.7 Å². The van der Waals surface area contributed by atoms with Gasteiger partial charge in [-0.25, -0.2) is 9.78 Å². The second kappa shape index (κ2) is 7.85. The Hall–Kier alpha value is -2.80. The summed E-state index contributed by atoms with van der Waals surface area (Å²) in [5.41, 5.74) is 0.989. The fraction of sp³-hybridized carbons (Fsp3) is 0.235. The Morgan fingerprint density at radius 1 is 1.12 bits per heavy atom. The van der Waals surface area contributed by atoms with E-state index in [-0.39, 0.29) is 23.6 Å². The summed E-state index contributed by atoms with van der Waals surface area (Å²) in [6.45, 7) is 0. The largest absolute Gasteiger partial charge is 0.497 e. The molecule has 0 unspecified atom stereocenters. The van der Waals surface area contributed by atoms with E-state index in [2.05, 4.69) is 4.98 Å². The molecule has 8 heteroatoms. The van der Waals surface area contributed by atoms with Crippen LogP contribution in [0.4, 0.5) is 0 Å². The van der Waals surface area contributed by atoms with Gasteiger partial charge in [0.15, 0.2) is 0 Å². The zero-order chi connectivity index (χ0) is 18.6. The monoisotopic (exact) mass is 365 g/mol. The van der Waals surface area contributed by atoms with E-state index in [1.54, 1.807) is 18.2 Å². The molecule has 0 amide bonds. The molecule has 7 nitrogen and oxygen atoms in total. The van der Waals surface area contributed by atoms with Crippen LogP contribution in [0.25, 0.3) is 11.1 Å². The van der Waals surface area contributed by atoms with Crippen LogP contribution in [0, 0.1) is 0 Å². The second-order valence-electron chi connectivity index (χ2n) is 5.09. The summed E-state index contributed by atoms with van der Waals surface area (Å²) in [7, 11) is 2.96. The fourth-order valence-electron chi connectivity index (χ4n) is 2.36. The normalized spacial score (nSPS) is 10.4. The first-order valence-corrected chi connectivity index (χ1v) is 7.62. The average molecular weight is 366 g/mol. The number of pyridine rings is 1. The third-order valence-electron chi connectivity index (χ3n) is 3.54. The Morgan fingerprint density at radius 3 is 2.40 bits per heavy atom. The van der Waals surface area contributed by atoms with Gasteiger partial charge in [-0.2, -0.15) is 0 Å². The van der Waals surface area contributed by atoms with E-state index in [1.807, 2.05) is 0 Å². The van der Waals surface area contributed by atoms with Crippen LogP contribution in [-0.2, 0) is 11.2 Å². The lowest BCUT2D eigenvalue weighted by atomic mass is 9.98. The standard InChI is InChI=1S/C17H16ClNO6/c1-24-10-4-5-11(13(8-10)25-2)12-7-9(3-6-14(20)21)19-16(18)15(12)17(22)23/h4-5,7-8H,3,6H2,1-2H3,(H,20,21)(H,22,23). The van der Waals surface area contributed by atoms with Crippen molar-refractivity contribution in [3.8, 4) is 22.6 Å². The summed E-state index contributed by atoms with van der Waals surface area (Å²) in [5.74, 6) is -1.28. The Kier molecular flexibility index (Phi) is 5.82. The van der Waals surface area contributed by atoms with Crippen molar-refractivity contribution < 1.29 is 29.3 Å². The molecule has 1 aromatic carbocycles. The molecular formula is C17H16ClNO6. The molecule has 0 bridgehead atoms. The molecule has 0 spiro atoms. The van der Waals surface area contributed by atoms with Gasteiger partial charge in [-0.3, -0.25) is 4.79 Å². The van der Waals surface area contributed by atoms with E-state index in [1.165, 1.54) is 20.3 Å². The van der Waals surface area contributed by atoms with Gasteiger partial charge in [0.1, 0.15) is 22.2 Å². The van der Waals surface area contributed by atoms with Gasteiger partial charge in [-0.05, 0) is 18.2 Å². The smallest absolute Gasteiger partial charge is 0.339 e. The van der Waals surface area contributed by atoms with Gasteiger partial charge in [0, 0.05) is 29.3 Å². The lowest BCUT2D eigenvalue weighted by Crippen LogP contribution is -2.07. The first-order valence-electron chi connectivity index (χ1n) is 7.24. The number of carboxylic acids is 2. The quantitative estimate of drug-likeness (QED) is 0.726. The number of carboxylic acid groups (broad SMARTS) is 2. The molecule has 25 heavy (non-hydrogen) atoms. The molecule has 2 rings (SSSR count). The van der Waals surface area contributed by atoms with Crippen LogP contribution in [0.3, 0.4) is 0 Å². The van der Waals surface area contributed by atoms with Gasteiger partial charge >= 0.3 is 11.9 Å². The Morgan fingerprint density at radius 2 is 1.84 bits per heavy atom. The molecular weight excluding hydrogens is 350 g/mol. The SMILES string of the molecule is COc1ccc(-c2cc(CCC(=O)O)nc(Cl)c2C(=O)O)c(OC)c1. The highest BCUT2D eigenvalue weighted by Crippen LogP contribution is 2.37. The van der Waals surface area contributed by atoms with Crippen molar-refractivity contribution in [1.82, 2.24) is 4.98 Å². The van der Waals surface area contributed by atoms with Gasteiger partial charge in [0.25, 0.3) is 0 Å². The summed E-state index contributed by atoms with van der Waals surface area (Å²) in [6, 6.07) is 6.44. The summed E-state index contributed by atoms with van der Waals surface area (Å²) in [6.07, 6.45) is -0.0185. The van der Waals surface area contributed by atoms with E-state index < -0.39 is 11.9 Å². The van der Waals surface area contributed by atoms with Crippen LogP contribution in [0.1, 0.15) is 22.5 Å². The van der Waals surface area contributed by atoms with Gasteiger partial charge in [0.05, 0.1) is 20.6 Å². The average Bonchev–Trinajstić information content (AvgIpc) is 2.58. The summed E-state index contributed by atoms with van der Waals surface area (Å²) < 4.78 is 10.5. The number of benzene rings is 1. The molecule has 132 valence electrons. The number of ether oxygens (including phenoxy) is 2. The molecule has 0 aliphatic rings. The maximum absolute atomic E-state index is 11.6. The summed E-state index contributed by atoms with van der Waals surface area (Å²) in [5, 5.41) is 18.1. The lowest BCUT2D eigenvalue weighted by molar-refractivity contribution is -0.136. The predicted molar refractivity (Wildman–Crippen MR) is 90.7 cm³/mol. The molecule has 2 aromatic rings. The molecule has 1 heterocycles. The highest BCUT2D eigenvalue weighted by Gasteiger charge is 2.21. The van der Waals surface area contributed by atoms with Crippen molar-refractivity contribution in [2.24, 2.45) is 0 Å². The van der Waals surface area contributed by atoms with Crippen LogP contribution < -0.4 is 9.47 Å². The first-order chi connectivity index (χ1) is 11.9. The van der Waals surface area contributed by atoms with Gasteiger partial charge in [0.2, 0.25) is 0 Å². The maximum atomic E-state index is 11.6. The number of hydrogen-bond acceptors (Lipinski definition) is 5. The topological polar surface area (TPSA) is 106 Å². The van der Waals surface area contributed by atoms with Gasteiger partial charge in [-0.1, -0.05) is 11.6 Å². The van der Waals surface area contributed by atoms with Crippen LogP contribution in [0.15, 0.2) is 24.3 Å². The number of nitrogens with zero attached hydrogens (tertiary/aromatic N) is 1. The van der Waals surface area contributed by atoms with Crippen molar-refractivity contribution >= 4 is 23.5 Å². The van der Waals surface area contributed by atoms with Crippen LogP contribution >= 0.6 is 11.6 Å². The molecule has 0 saturated heterocycles. The molecule has 0 fully saturated rings. The number of halogens is 1. The number of aromatic nitrogens is 1. The number of rotatable bonds is 7. The predicted octanol–water partition coefficient (Wildman–Crippen LogP) is 3.13. The third kappa shape index (κ3) is 4.19. The number of aryl methyl sites for hydroxylation is 1. The molecule has 1 aromatic heterocycles. The molecule has 2 N–H and O–H groups in total. The molecule has 0 aliphatic carbocycles. The highest BCUT2D eigenvalue weighted by molar-refractivity contribution is 6.33. The second-order valence-corrected chi connectivity index (χ2v) is 5.45. The van der Waals surface area contributed by atoms with Gasteiger partial charge < -0.3 is 19.7 Å². The first kappa shape index (κ1) is 18.5. The van der Waals surface area contributed by atoms with Crippen molar-refractivity contribution in [2.75, 3.05) is 14.2 Å². The number of carbonyl (C=O) groups is 2. The minimum Gasteiger partial charge on any atom is -0.497 e. The summed E-state index contributed by atoms with van der Waals surface area (Å²) in [4.78, 5) is 26.4. The minimum absolute atomic E-state index is 0.125. The van der Waals surface area contributed by atoms with Crippen molar-refractivity contribution in [3.63, 3.8) is 0 Å². The Balaban J connectivity index is 2.65. The maximum Gasteiger partial charge on any atom is 0.339 e. The Bertz CT molecular complexity index is 821. The molecule has 0 aliphatic heterocycles. The van der Waals surface area contributed by atoms with Gasteiger partial charge in [-0.15, -0.1) is 0 Å². The number of hydrogen-bond donors (Lipinski definition) is 2.